The molecular formula is C27H38N6O3. The van der Waals surface area contributed by atoms with Crippen LogP contribution in [0.3, 0.4) is 0 Å². The van der Waals surface area contributed by atoms with Gasteiger partial charge in [0.25, 0.3) is 0 Å². The fraction of sp³-hybridized carbons (Fsp3) is 0.519. The van der Waals surface area contributed by atoms with Crippen LogP contribution in [0.1, 0.15) is 62.1 Å². The van der Waals surface area contributed by atoms with Gasteiger partial charge in [0.2, 0.25) is 5.91 Å². The summed E-state index contributed by atoms with van der Waals surface area (Å²) >= 11 is 0. The fourth-order valence-corrected chi connectivity index (χ4v) is 6.22. The van der Waals surface area contributed by atoms with Crippen molar-refractivity contribution < 1.29 is 14.7 Å². The number of anilines is 3. The lowest BCUT2D eigenvalue weighted by Crippen LogP contribution is -2.63. The molecule has 0 saturated heterocycles. The van der Waals surface area contributed by atoms with Crippen LogP contribution in [-0.4, -0.2) is 59.6 Å². The van der Waals surface area contributed by atoms with Gasteiger partial charge in [0.1, 0.15) is 11.7 Å². The number of primary amides is 1. The van der Waals surface area contributed by atoms with Gasteiger partial charge >= 0.3 is 5.97 Å². The number of nitrogens with zero attached hydrogens (tertiary/aromatic N) is 3. The lowest BCUT2D eigenvalue weighted by atomic mass is 9.63. The lowest BCUT2D eigenvalue weighted by Gasteiger charge is -2.52. The Balaban J connectivity index is 1.80. The van der Waals surface area contributed by atoms with Crippen molar-refractivity contribution in [3.05, 3.63) is 47.7 Å². The SMILES string of the molecule is CC1CC(C)(C)CC(C(N)=O)(N2c3c(C(=O)O)ccnc3NC2c2ccc(NCCN(C)C)cc2)C1. The van der Waals surface area contributed by atoms with Gasteiger partial charge in [-0.2, -0.15) is 0 Å². The average molecular weight is 495 g/mol. The van der Waals surface area contributed by atoms with Gasteiger partial charge < -0.3 is 31.3 Å². The summed E-state index contributed by atoms with van der Waals surface area (Å²) < 4.78 is 0. The summed E-state index contributed by atoms with van der Waals surface area (Å²) in [7, 11) is 4.06. The zero-order valence-corrected chi connectivity index (χ0v) is 21.8. The first kappa shape index (κ1) is 25.8. The van der Waals surface area contributed by atoms with E-state index in [-0.39, 0.29) is 16.9 Å². The molecule has 9 nitrogen and oxygen atoms in total. The van der Waals surface area contributed by atoms with Gasteiger partial charge in [-0.3, -0.25) is 4.79 Å². The van der Waals surface area contributed by atoms with E-state index in [1.54, 1.807) is 0 Å². The Bertz CT molecular complexity index is 1130. The van der Waals surface area contributed by atoms with Gasteiger partial charge in [0.15, 0.2) is 5.82 Å². The van der Waals surface area contributed by atoms with Crippen LogP contribution in [0, 0.1) is 11.3 Å². The van der Waals surface area contributed by atoms with E-state index < -0.39 is 23.6 Å². The van der Waals surface area contributed by atoms with Gasteiger partial charge in [-0.05, 0) is 68.5 Å². The molecule has 1 aliphatic heterocycles. The Morgan fingerprint density at radius 2 is 1.92 bits per heavy atom. The number of carbonyl (C=O) groups excluding carboxylic acids is 1. The van der Waals surface area contributed by atoms with Crippen molar-refractivity contribution in [1.29, 1.82) is 0 Å². The third-order valence-electron chi connectivity index (χ3n) is 7.32. The number of carboxylic acid groups (broad SMARTS) is 1. The molecule has 0 bridgehead atoms. The zero-order chi connectivity index (χ0) is 26.3. The Kier molecular flexibility index (Phi) is 6.88. The largest absolute Gasteiger partial charge is 0.478 e. The molecule has 3 unspecified atom stereocenters. The molecule has 1 aliphatic carbocycles. The van der Waals surface area contributed by atoms with Crippen molar-refractivity contribution in [2.45, 2.75) is 51.7 Å². The number of nitrogens with two attached hydrogens (primary N) is 1. The van der Waals surface area contributed by atoms with Crippen LogP contribution in [0.4, 0.5) is 17.2 Å². The summed E-state index contributed by atoms with van der Waals surface area (Å²) in [5.74, 6) is -0.822. The lowest BCUT2D eigenvalue weighted by molar-refractivity contribution is -0.127. The molecule has 4 rings (SSSR count). The maximum atomic E-state index is 13.4. The monoisotopic (exact) mass is 494 g/mol. The Labute approximate surface area is 213 Å². The number of pyridine rings is 1. The van der Waals surface area contributed by atoms with Gasteiger partial charge in [0.05, 0.1) is 11.3 Å². The third kappa shape index (κ3) is 4.84. The Morgan fingerprint density at radius 1 is 1.22 bits per heavy atom. The molecule has 2 aromatic rings. The number of amides is 1. The number of nitrogens with one attached hydrogen (secondary N) is 2. The molecule has 2 aliphatic rings. The van der Waals surface area contributed by atoms with E-state index in [0.717, 1.165) is 30.8 Å². The minimum absolute atomic E-state index is 0.105. The van der Waals surface area contributed by atoms with Crippen LogP contribution in [0.15, 0.2) is 36.5 Å². The number of rotatable bonds is 8. The number of carboxylic acids is 1. The molecule has 1 fully saturated rings. The summed E-state index contributed by atoms with van der Waals surface area (Å²) in [4.78, 5) is 34.1. The highest BCUT2D eigenvalue weighted by molar-refractivity contribution is 6.02. The van der Waals surface area contributed by atoms with Gasteiger partial charge in [0, 0.05) is 25.0 Å². The van der Waals surface area contributed by atoms with Crippen molar-refractivity contribution >= 4 is 29.1 Å². The molecule has 36 heavy (non-hydrogen) atoms. The molecular weight excluding hydrogens is 456 g/mol. The Morgan fingerprint density at radius 3 is 2.50 bits per heavy atom. The number of benzene rings is 1. The van der Waals surface area contributed by atoms with Crippen LogP contribution < -0.4 is 21.3 Å². The summed E-state index contributed by atoms with van der Waals surface area (Å²) in [6.45, 7) is 8.15. The van der Waals surface area contributed by atoms with Crippen molar-refractivity contribution in [2.24, 2.45) is 17.1 Å². The van der Waals surface area contributed by atoms with E-state index in [4.69, 9.17) is 5.73 Å². The zero-order valence-electron chi connectivity index (χ0n) is 21.8. The second-order valence-electron chi connectivity index (χ2n) is 11.4. The van der Waals surface area contributed by atoms with Crippen LogP contribution in [0.2, 0.25) is 0 Å². The third-order valence-corrected chi connectivity index (χ3v) is 7.32. The molecule has 3 atom stereocenters. The predicted molar refractivity (Wildman–Crippen MR) is 142 cm³/mol. The van der Waals surface area contributed by atoms with Crippen LogP contribution in [0.25, 0.3) is 0 Å². The van der Waals surface area contributed by atoms with Crippen LogP contribution in [-0.2, 0) is 4.79 Å². The number of hydrogen-bond donors (Lipinski definition) is 4. The van der Waals surface area contributed by atoms with E-state index in [1.165, 1.54) is 12.3 Å². The molecule has 0 radical (unpaired) electrons. The van der Waals surface area contributed by atoms with Crippen molar-refractivity contribution in [2.75, 3.05) is 42.7 Å². The number of hydrogen-bond acceptors (Lipinski definition) is 7. The standard InChI is InChI=1S/C27H38N6O3/c1-17-14-26(2,3)16-27(15-17,25(28)36)33-21-20(24(34)35)10-11-30-22(21)31-23(33)18-6-8-19(9-7-18)29-12-13-32(4)5/h6-11,17,23,29H,12-16H2,1-5H3,(H2,28,36)(H,30,31)(H,34,35). The van der Waals surface area contributed by atoms with Crippen molar-refractivity contribution in [1.82, 2.24) is 9.88 Å². The summed E-state index contributed by atoms with van der Waals surface area (Å²) in [6.07, 6.45) is 3.03. The summed E-state index contributed by atoms with van der Waals surface area (Å²) in [5, 5.41) is 16.9. The number of aromatic carboxylic acids is 1. The molecule has 1 amide bonds. The van der Waals surface area contributed by atoms with Gasteiger partial charge in [-0.25, -0.2) is 9.78 Å². The number of carbonyl (C=O) groups is 2. The summed E-state index contributed by atoms with van der Waals surface area (Å²) in [6, 6.07) is 9.50. The van der Waals surface area contributed by atoms with Crippen LogP contribution >= 0.6 is 0 Å². The highest BCUT2D eigenvalue weighted by atomic mass is 16.4. The maximum absolute atomic E-state index is 13.4. The first-order valence-electron chi connectivity index (χ1n) is 12.5. The number of likely N-dealkylation sites (N-methyl/N-ethyl adjacent to an activating group) is 1. The second kappa shape index (κ2) is 9.61. The minimum atomic E-state index is -1.07. The van der Waals surface area contributed by atoms with E-state index in [0.29, 0.717) is 24.3 Å². The molecule has 1 aromatic heterocycles. The quantitative estimate of drug-likeness (QED) is 0.437. The predicted octanol–water partition coefficient (Wildman–Crippen LogP) is 3.75. The molecule has 0 spiro atoms. The molecule has 5 N–H and O–H groups in total. The van der Waals surface area contributed by atoms with E-state index >= 15 is 0 Å². The maximum Gasteiger partial charge on any atom is 0.338 e. The molecule has 1 aromatic carbocycles. The van der Waals surface area contributed by atoms with Gasteiger partial charge in [-0.15, -0.1) is 0 Å². The van der Waals surface area contributed by atoms with Gasteiger partial charge in [-0.1, -0.05) is 32.9 Å². The highest BCUT2D eigenvalue weighted by Crippen LogP contribution is 2.54. The van der Waals surface area contributed by atoms with Crippen molar-refractivity contribution in [3.63, 3.8) is 0 Å². The Hall–Kier alpha value is -3.33. The smallest absolute Gasteiger partial charge is 0.338 e. The van der Waals surface area contributed by atoms with E-state index in [2.05, 4.69) is 41.3 Å². The molecule has 1 saturated carbocycles. The normalized spacial score (nSPS) is 24.8. The number of fused-ring (bicyclic) bond motifs is 1. The number of aromatic nitrogens is 1. The average Bonchev–Trinajstić information content (AvgIpc) is 3.18. The van der Waals surface area contributed by atoms with E-state index in [1.807, 2.05) is 43.3 Å². The molecule has 194 valence electrons. The highest BCUT2D eigenvalue weighted by Gasteiger charge is 2.56. The minimum Gasteiger partial charge on any atom is -0.478 e. The first-order valence-corrected chi connectivity index (χ1v) is 12.5. The molecule has 9 heteroatoms. The fourth-order valence-electron chi connectivity index (χ4n) is 6.22. The first-order chi connectivity index (χ1) is 16.9. The molecule has 2 heterocycles. The topological polar surface area (TPSA) is 124 Å². The van der Waals surface area contributed by atoms with E-state index in [9.17, 15) is 14.7 Å². The van der Waals surface area contributed by atoms with Crippen molar-refractivity contribution in [3.8, 4) is 0 Å². The van der Waals surface area contributed by atoms with Crippen LogP contribution in [0.5, 0.6) is 0 Å². The summed E-state index contributed by atoms with van der Waals surface area (Å²) in [5.41, 5.74) is 7.41. The second-order valence-corrected chi connectivity index (χ2v) is 11.4.